The molecule has 1 unspecified atom stereocenters. The van der Waals surface area contributed by atoms with E-state index < -0.39 is 0 Å². The van der Waals surface area contributed by atoms with Gasteiger partial charge in [-0.25, -0.2) is 0 Å². The number of halogens is 1. The Hall–Kier alpha value is -2.76. The van der Waals surface area contributed by atoms with Crippen LogP contribution in [-0.2, 0) is 0 Å². The number of aromatic hydroxyl groups is 1. The first kappa shape index (κ1) is 29.5. The zero-order chi connectivity index (χ0) is 25.4. The smallest absolute Gasteiger partial charge is 0.255 e. The standard InChI is InChI=1S/C30H41N3O2.ClH/c1-6-7-10-20-33(5,23(2)3)21-12-19-31-30(35)27-22-25(17-18-29(27)34)32(4)28-16-11-14-24-13-8-9-15-26(24)28;/h8-9,11,13-18,22-23H,6-7,10,12,19-21H2,1-5H3,(H-,31,34,35);1H. The summed E-state index contributed by atoms with van der Waals surface area (Å²) in [6, 6.07) is 20.2. The Balaban J connectivity index is 0.00000456. The number of anilines is 2. The summed E-state index contributed by atoms with van der Waals surface area (Å²) in [7, 11) is 4.31. The van der Waals surface area contributed by atoms with Gasteiger partial charge in [0, 0.05) is 36.8 Å². The maximum atomic E-state index is 13.0. The first-order chi connectivity index (χ1) is 16.8. The summed E-state index contributed by atoms with van der Waals surface area (Å²) in [4.78, 5) is 15.0. The second-order valence-electron chi connectivity index (χ2n) is 10.1. The van der Waals surface area contributed by atoms with Gasteiger partial charge in [0.25, 0.3) is 5.91 Å². The molecule has 0 radical (unpaired) electrons. The SMILES string of the molecule is CCCCC[N+](C)(CCCNC(=O)c1cc(N(C)c2cccc3ccccc23)ccc1O)C(C)C.[Cl-]. The van der Waals surface area contributed by atoms with Gasteiger partial charge < -0.3 is 32.2 Å². The third-order valence-electron chi connectivity index (χ3n) is 7.39. The van der Waals surface area contributed by atoms with E-state index in [9.17, 15) is 9.90 Å². The summed E-state index contributed by atoms with van der Waals surface area (Å²) in [5.74, 6) is -0.236. The van der Waals surface area contributed by atoms with Crippen LogP contribution in [0.4, 0.5) is 11.4 Å². The lowest BCUT2D eigenvalue weighted by Gasteiger charge is -2.39. The zero-order valence-electron chi connectivity index (χ0n) is 22.4. The van der Waals surface area contributed by atoms with Gasteiger partial charge in [-0.1, -0.05) is 49.7 Å². The topological polar surface area (TPSA) is 52.6 Å². The van der Waals surface area contributed by atoms with Crippen molar-refractivity contribution in [2.45, 2.75) is 52.5 Å². The molecule has 0 fully saturated rings. The number of carbonyl (C=O) groups excluding carboxylic acids is 1. The number of carbonyl (C=O) groups is 1. The van der Waals surface area contributed by atoms with Crippen molar-refractivity contribution in [3.05, 3.63) is 66.2 Å². The molecule has 2 N–H and O–H groups in total. The molecule has 0 aromatic heterocycles. The molecule has 0 aliphatic rings. The number of unbranched alkanes of at least 4 members (excludes halogenated alkanes) is 2. The minimum atomic E-state index is -0.236. The number of hydrogen-bond acceptors (Lipinski definition) is 3. The molecular weight excluding hydrogens is 470 g/mol. The van der Waals surface area contributed by atoms with Crippen LogP contribution < -0.4 is 22.6 Å². The molecule has 36 heavy (non-hydrogen) atoms. The van der Waals surface area contributed by atoms with Crippen molar-refractivity contribution in [1.82, 2.24) is 5.32 Å². The Morgan fingerprint density at radius 3 is 2.42 bits per heavy atom. The van der Waals surface area contributed by atoms with Crippen molar-refractivity contribution >= 4 is 28.1 Å². The van der Waals surface area contributed by atoms with E-state index in [0.717, 1.165) is 39.6 Å². The molecule has 0 aliphatic carbocycles. The van der Waals surface area contributed by atoms with E-state index in [1.54, 1.807) is 12.1 Å². The molecule has 0 spiro atoms. The van der Waals surface area contributed by atoms with Gasteiger partial charge in [0.2, 0.25) is 0 Å². The summed E-state index contributed by atoms with van der Waals surface area (Å²) in [6.45, 7) is 9.58. The van der Waals surface area contributed by atoms with Crippen LogP contribution in [0.1, 0.15) is 56.8 Å². The first-order valence-electron chi connectivity index (χ1n) is 12.9. The molecule has 0 heterocycles. The van der Waals surface area contributed by atoms with E-state index in [4.69, 9.17) is 0 Å². The fourth-order valence-electron chi connectivity index (χ4n) is 4.64. The minimum absolute atomic E-state index is 0. The quantitative estimate of drug-likeness (QED) is 0.289. The maximum absolute atomic E-state index is 13.0. The molecule has 3 aromatic carbocycles. The van der Waals surface area contributed by atoms with Crippen LogP contribution >= 0.6 is 0 Å². The van der Waals surface area contributed by atoms with E-state index in [1.807, 2.05) is 31.3 Å². The number of phenolic OH excluding ortho intramolecular Hbond substituents is 1. The Bertz CT molecular complexity index is 1130. The van der Waals surface area contributed by atoms with Crippen molar-refractivity contribution in [3.63, 3.8) is 0 Å². The Kier molecular flexibility index (Phi) is 11.1. The number of amides is 1. The van der Waals surface area contributed by atoms with Gasteiger partial charge >= 0.3 is 0 Å². The minimum Gasteiger partial charge on any atom is -1.00 e. The van der Waals surface area contributed by atoms with Crippen LogP contribution in [-0.4, -0.2) is 55.3 Å². The predicted molar refractivity (Wildman–Crippen MR) is 148 cm³/mol. The van der Waals surface area contributed by atoms with E-state index in [2.05, 4.69) is 62.3 Å². The van der Waals surface area contributed by atoms with Gasteiger partial charge in [0.05, 0.1) is 31.7 Å². The first-order valence-corrected chi connectivity index (χ1v) is 12.9. The number of benzene rings is 3. The molecule has 1 atom stereocenters. The predicted octanol–water partition coefficient (Wildman–Crippen LogP) is 3.48. The van der Waals surface area contributed by atoms with Gasteiger partial charge in [-0.05, 0) is 56.3 Å². The van der Waals surface area contributed by atoms with Crippen LogP contribution in [0.5, 0.6) is 5.75 Å². The molecular formula is C30H42ClN3O2. The highest BCUT2D eigenvalue weighted by molar-refractivity contribution is 5.99. The van der Waals surface area contributed by atoms with E-state index in [-0.39, 0.29) is 24.1 Å². The molecule has 196 valence electrons. The van der Waals surface area contributed by atoms with Gasteiger partial charge in [-0.2, -0.15) is 0 Å². The lowest BCUT2D eigenvalue weighted by Crippen LogP contribution is -3.00. The van der Waals surface area contributed by atoms with Gasteiger partial charge in [0.1, 0.15) is 5.75 Å². The number of fused-ring (bicyclic) bond motifs is 1. The molecule has 0 bridgehead atoms. The van der Waals surface area contributed by atoms with Crippen LogP contribution in [0, 0.1) is 0 Å². The Morgan fingerprint density at radius 2 is 1.69 bits per heavy atom. The number of nitrogens with one attached hydrogen (secondary N) is 1. The summed E-state index contributed by atoms with van der Waals surface area (Å²) in [5, 5.41) is 15.8. The van der Waals surface area contributed by atoms with Crippen molar-refractivity contribution < 1.29 is 26.8 Å². The third-order valence-corrected chi connectivity index (χ3v) is 7.39. The van der Waals surface area contributed by atoms with E-state index in [1.165, 1.54) is 25.8 Å². The molecule has 6 heteroatoms. The molecule has 0 saturated carbocycles. The number of nitrogens with zero attached hydrogens (tertiary/aromatic N) is 2. The second kappa shape index (κ2) is 13.5. The lowest BCUT2D eigenvalue weighted by atomic mass is 10.1. The van der Waals surface area contributed by atoms with Crippen LogP contribution in [0.2, 0.25) is 0 Å². The van der Waals surface area contributed by atoms with E-state index in [0.29, 0.717) is 18.2 Å². The summed E-state index contributed by atoms with van der Waals surface area (Å²) in [5.41, 5.74) is 2.21. The number of quaternary nitrogens is 1. The highest BCUT2D eigenvalue weighted by Gasteiger charge is 2.25. The highest BCUT2D eigenvalue weighted by Crippen LogP contribution is 2.33. The largest absolute Gasteiger partial charge is 1.00 e. The van der Waals surface area contributed by atoms with Gasteiger partial charge in [0.15, 0.2) is 0 Å². The Labute approximate surface area is 223 Å². The number of hydrogen-bond donors (Lipinski definition) is 2. The molecule has 0 aliphatic heterocycles. The summed E-state index contributed by atoms with van der Waals surface area (Å²) >= 11 is 0. The highest BCUT2D eigenvalue weighted by atomic mass is 35.5. The van der Waals surface area contributed by atoms with Crippen molar-refractivity contribution in [2.24, 2.45) is 0 Å². The van der Waals surface area contributed by atoms with Crippen molar-refractivity contribution in [3.8, 4) is 5.75 Å². The fourth-order valence-corrected chi connectivity index (χ4v) is 4.64. The molecule has 0 saturated heterocycles. The van der Waals surface area contributed by atoms with Crippen molar-refractivity contribution in [2.75, 3.05) is 38.6 Å². The van der Waals surface area contributed by atoms with Gasteiger partial charge in [-0.3, -0.25) is 4.79 Å². The van der Waals surface area contributed by atoms with Crippen LogP contribution in [0.15, 0.2) is 60.7 Å². The monoisotopic (exact) mass is 511 g/mol. The second-order valence-corrected chi connectivity index (χ2v) is 10.1. The van der Waals surface area contributed by atoms with Crippen LogP contribution in [0.3, 0.4) is 0 Å². The number of rotatable bonds is 12. The summed E-state index contributed by atoms with van der Waals surface area (Å²) < 4.78 is 1.02. The number of phenols is 1. The van der Waals surface area contributed by atoms with E-state index >= 15 is 0 Å². The average molecular weight is 512 g/mol. The zero-order valence-corrected chi connectivity index (χ0v) is 23.2. The van der Waals surface area contributed by atoms with Gasteiger partial charge in [-0.15, -0.1) is 0 Å². The Morgan fingerprint density at radius 1 is 1.00 bits per heavy atom. The maximum Gasteiger partial charge on any atom is 0.255 e. The molecule has 1 amide bonds. The summed E-state index contributed by atoms with van der Waals surface area (Å²) in [6.07, 6.45) is 4.64. The molecule has 3 aromatic rings. The fraction of sp³-hybridized carbons (Fsp3) is 0.433. The molecule has 5 nitrogen and oxygen atoms in total. The van der Waals surface area contributed by atoms with Crippen LogP contribution in [0.25, 0.3) is 10.8 Å². The normalized spacial score (nSPS) is 12.7. The lowest BCUT2D eigenvalue weighted by molar-refractivity contribution is -0.930. The average Bonchev–Trinajstić information content (AvgIpc) is 2.86. The third kappa shape index (κ3) is 7.14. The molecule has 3 rings (SSSR count). The van der Waals surface area contributed by atoms with Crippen molar-refractivity contribution in [1.29, 1.82) is 0 Å².